The molecular weight excluding hydrogens is 234 g/mol. The number of allylic oxidation sites excluding steroid dienone is 1. The van der Waals surface area contributed by atoms with Gasteiger partial charge < -0.3 is 10.8 Å². The van der Waals surface area contributed by atoms with E-state index in [1.54, 1.807) is 0 Å². The van der Waals surface area contributed by atoms with E-state index in [0.717, 1.165) is 24.0 Å². The van der Waals surface area contributed by atoms with E-state index in [2.05, 4.69) is 12.1 Å². The first kappa shape index (κ1) is 12.9. The van der Waals surface area contributed by atoms with Gasteiger partial charge in [-0.1, -0.05) is 43.2 Å². The molecule has 102 valence electrons. The highest BCUT2D eigenvalue weighted by molar-refractivity contribution is 5.45. The van der Waals surface area contributed by atoms with Crippen LogP contribution in [-0.4, -0.2) is 5.11 Å². The molecule has 3 N–H and O–H groups in total. The second kappa shape index (κ2) is 5.10. The van der Waals surface area contributed by atoms with Crippen molar-refractivity contribution in [3.63, 3.8) is 0 Å². The van der Waals surface area contributed by atoms with Crippen LogP contribution >= 0.6 is 0 Å². The number of benzene rings is 1. The predicted molar refractivity (Wildman–Crippen MR) is 77.7 cm³/mol. The number of hydrogen-bond acceptors (Lipinski definition) is 2. The summed E-state index contributed by atoms with van der Waals surface area (Å²) in [5.74, 6) is 0. The fourth-order valence-corrected chi connectivity index (χ4v) is 3.61. The van der Waals surface area contributed by atoms with Gasteiger partial charge in [-0.15, -0.1) is 0 Å². The summed E-state index contributed by atoms with van der Waals surface area (Å²) in [7, 11) is 0. The zero-order valence-corrected chi connectivity index (χ0v) is 11.4. The van der Waals surface area contributed by atoms with Crippen LogP contribution in [0.15, 0.2) is 35.9 Å². The van der Waals surface area contributed by atoms with Crippen LogP contribution < -0.4 is 5.73 Å². The Morgan fingerprint density at radius 1 is 1.11 bits per heavy atom. The van der Waals surface area contributed by atoms with Gasteiger partial charge in [0.15, 0.2) is 0 Å². The molecule has 2 atom stereocenters. The van der Waals surface area contributed by atoms with E-state index in [1.165, 1.54) is 31.3 Å². The zero-order chi connectivity index (χ0) is 13.3. The summed E-state index contributed by atoms with van der Waals surface area (Å²) >= 11 is 0. The molecular formula is C17H23NO. The maximum Gasteiger partial charge on any atom is 0.113 e. The van der Waals surface area contributed by atoms with E-state index >= 15 is 0 Å². The van der Waals surface area contributed by atoms with Crippen LogP contribution in [0.2, 0.25) is 0 Å². The Kier molecular flexibility index (Phi) is 3.46. The molecule has 1 aromatic rings. The van der Waals surface area contributed by atoms with Gasteiger partial charge in [-0.3, -0.25) is 0 Å². The van der Waals surface area contributed by atoms with Crippen molar-refractivity contribution >= 4 is 0 Å². The Balaban J connectivity index is 1.99. The van der Waals surface area contributed by atoms with Crippen molar-refractivity contribution in [3.05, 3.63) is 47.0 Å². The van der Waals surface area contributed by atoms with Gasteiger partial charge in [0.1, 0.15) is 5.60 Å². The third-order valence-electron chi connectivity index (χ3n) is 4.64. The highest BCUT2D eigenvalue weighted by Gasteiger charge is 2.43. The van der Waals surface area contributed by atoms with Gasteiger partial charge in [-0.25, -0.2) is 0 Å². The van der Waals surface area contributed by atoms with E-state index in [9.17, 15) is 5.11 Å². The standard InChI is InChI=1S/C17H23NO/c18-16-12-17(19,15-11-7-6-10-14(15)16)13-8-4-2-1-3-5-9-13/h6-8,10-11,16,19H,1-5,9,12,18H2/b13-8+. The van der Waals surface area contributed by atoms with E-state index in [-0.39, 0.29) is 6.04 Å². The molecule has 2 aliphatic rings. The molecule has 0 radical (unpaired) electrons. The third kappa shape index (κ3) is 2.24. The molecule has 0 saturated heterocycles. The molecule has 2 aliphatic carbocycles. The van der Waals surface area contributed by atoms with Gasteiger partial charge in [0, 0.05) is 12.5 Å². The Morgan fingerprint density at radius 3 is 2.79 bits per heavy atom. The summed E-state index contributed by atoms with van der Waals surface area (Å²) in [6.07, 6.45) is 10.0. The van der Waals surface area contributed by atoms with Gasteiger partial charge in [-0.05, 0) is 42.4 Å². The summed E-state index contributed by atoms with van der Waals surface area (Å²) < 4.78 is 0. The number of rotatable bonds is 1. The van der Waals surface area contributed by atoms with E-state index in [0.29, 0.717) is 6.42 Å². The minimum atomic E-state index is -0.812. The van der Waals surface area contributed by atoms with Crippen molar-refractivity contribution in [1.82, 2.24) is 0 Å². The predicted octanol–water partition coefficient (Wildman–Crippen LogP) is 3.56. The molecule has 0 fully saturated rings. The third-order valence-corrected chi connectivity index (χ3v) is 4.64. The summed E-state index contributed by atoms with van der Waals surface area (Å²) in [5, 5.41) is 11.2. The van der Waals surface area contributed by atoms with Crippen molar-refractivity contribution in [2.24, 2.45) is 5.73 Å². The van der Waals surface area contributed by atoms with Crippen LogP contribution in [0.25, 0.3) is 0 Å². The molecule has 2 heteroatoms. The van der Waals surface area contributed by atoms with Crippen LogP contribution in [0.4, 0.5) is 0 Å². The van der Waals surface area contributed by atoms with Crippen molar-refractivity contribution in [2.75, 3.05) is 0 Å². The highest BCUT2D eigenvalue weighted by atomic mass is 16.3. The van der Waals surface area contributed by atoms with Gasteiger partial charge >= 0.3 is 0 Å². The summed E-state index contributed by atoms with van der Waals surface area (Å²) in [6.45, 7) is 0. The smallest absolute Gasteiger partial charge is 0.113 e. The fourth-order valence-electron chi connectivity index (χ4n) is 3.61. The van der Waals surface area contributed by atoms with Crippen LogP contribution in [0.5, 0.6) is 0 Å². The average molecular weight is 257 g/mol. The van der Waals surface area contributed by atoms with Crippen LogP contribution in [0, 0.1) is 0 Å². The molecule has 0 amide bonds. The van der Waals surface area contributed by atoms with E-state index in [4.69, 9.17) is 5.73 Å². The zero-order valence-electron chi connectivity index (χ0n) is 11.4. The van der Waals surface area contributed by atoms with Gasteiger partial charge in [0.05, 0.1) is 0 Å². The lowest BCUT2D eigenvalue weighted by atomic mass is 9.82. The lowest BCUT2D eigenvalue weighted by molar-refractivity contribution is 0.0682. The quantitative estimate of drug-likeness (QED) is 0.756. The van der Waals surface area contributed by atoms with Crippen molar-refractivity contribution in [3.8, 4) is 0 Å². The summed E-state index contributed by atoms with van der Waals surface area (Å²) in [5.41, 5.74) is 8.76. The molecule has 2 nitrogen and oxygen atoms in total. The second-order valence-corrected chi connectivity index (χ2v) is 5.94. The van der Waals surface area contributed by atoms with E-state index in [1.807, 2.05) is 18.2 Å². The lowest BCUT2D eigenvalue weighted by Crippen LogP contribution is -2.26. The number of fused-ring (bicyclic) bond motifs is 1. The minimum Gasteiger partial charge on any atom is -0.381 e. The summed E-state index contributed by atoms with van der Waals surface area (Å²) in [4.78, 5) is 0. The topological polar surface area (TPSA) is 46.2 Å². The monoisotopic (exact) mass is 257 g/mol. The molecule has 0 aromatic heterocycles. The Labute approximate surface area is 115 Å². The fraction of sp³-hybridized carbons (Fsp3) is 0.529. The van der Waals surface area contributed by atoms with Crippen molar-refractivity contribution < 1.29 is 5.11 Å². The number of hydrogen-bond donors (Lipinski definition) is 2. The first-order chi connectivity index (χ1) is 9.22. The van der Waals surface area contributed by atoms with Crippen molar-refractivity contribution in [2.45, 2.75) is 56.6 Å². The Bertz CT molecular complexity index is 494. The van der Waals surface area contributed by atoms with Gasteiger partial charge in [-0.2, -0.15) is 0 Å². The molecule has 0 aliphatic heterocycles. The summed E-state index contributed by atoms with van der Waals surface area (Å²) in [6, 6.07) is 8.08. The Morgan fingerprint density at radius 2 is 1.89 bits per heavy atom. The number of aliphatic hydroxyl groups is 1. The van der Waals surface area contributed by atoms with Crippen LogP contribution in [-0.2, 0) is 5.60 Å². The molecule has 19 heavy (non-hydrogen) atoms. The van der Waals surface area contributed by atoms with Gasteiger partial charge in [0.25, 0.3) is 0 Å². The maximum atomic E-state index is 11.2. The first-order valence-electron chi connectivity index (χ1n) is 7.49. The van der Waals surface area contributed by atoms with Crippen LogP contribution in [0.1, 0.15) is 62.1 Å². The second-order valence-electron chi connectivity index (χ2n) is 5.94. The first-order valence-corrected chi connectivity index (χ1v) is 7.49. The van der Waals surface area contributed by atoms with Crippen LogP contribution in [0.3, 0.4) is 0 Å². The molecule has 0 saturated carbocycles. The van der Waals surface area contributed by atoms with Gasteiger partial charge in [0.2, 0.25) is 0 Å². The minimum absolute atomic E-state index is 0.0347. The highest BCUT2D eigenvalue weighted by Crippen LogP contribution is 2.48. The van der Waals surface area contributed by atoms with E-state index < -0.39 is 5.60 Å². The lowest BCUT2D eigenvalue weighted by Gasteiger charge is -2.29. The largest absolute Gasteiger partial charge is 0.381 e. The maximum absolute atomic E-state index is 11.2. The molecule has 3 rings (SSSR count). The molecule has 0 bridgehead atoms. The SMILES string of the molecule is NC1CC(O)(/C2=C/CCCCCC2)c2ccccc21. The molecule has 0 spiro atoms. The van der Waals surface area contributed by atoms with Crippen molar-refractivity contribution in [1.29, 1.82) is 0 Å². The molecule has 0 heterocycles. The molecule has 1 aromatic carbocycles. The normalized spacial score (nSPS) is 34.0. The molecule has 2 unspecified atom stereocenters. The Hall–Kier alpha value is -1.12. The average Bonchev–Trinajstić information content (AvgIpc) is 2.63. The number of nitrogens with two attached hydrogens (primary N) is 1.